The number of hydrogen-bond acceptors (Lipinski definition) is 22. The lowest BCUT2D eigenvalue weighted by Crippen LogP contribution is -2.41. The van der Waals surface area contributed by atoms with E-state index in [1.807, 2.05) is 69.2 Å². The molecule has 6 aromatic heterocycles. The van der Waals surface area contributed by atoms with Crippen LogP contribution in [-0.2, 0) is 22.4 Å². The van der Waals surface area contributed by atoms with Crippen molar-refractivity contribution >= 4 is 138 Å². The fourth-order valence-corrected chi connectivity index (χ4v) is 12.9. The first-order valence-electron chi connectivity index (χ1n) is 36.7. The summed E-state index contributed by atoms with van der Waals surface area (Å²) in [6, 6.07) is 30.1. The number of ether oxygens (including phenoxy) is 4. The standard InChI is InChI=1S/C30H24F3N7O2.C15H22BFO3.C15H15FN4O.C9H10BrFO.C6H4BrFO.C6H5IN4.CH3FS.B2/c1-15(2)42-22-9-7-18(12-21(22)33)27-25-28(34)35-14-36-29(25)40(38-27)16(3)26-24(17-5-4-6-19(31)11-17)30(41)39-13-20(32)8-10-23(39)37-26;1-10(2)18-13-8-7-11(9-12(13)17)16-19-14(3,4)15(5,6)20-16;1-8(2)21-12-4-3-9(5-10(12)16)14-13-11(6-18-14)19-7-20-15(13)17;1-6(2)12-9-4-3-7(10)5-8(9)11;7-4-1-2-6(9)5(8)3-4;7-5-4-3(1-9-5)10-2-11-6(4)8;1-3-2;1-2/h4-16H,1-3H3,(H2,34,35,36);7-10H,1-6H3;3-5,7-8H,6H2,1-2H3,(H2,17,19,20);3-6H,1-2H3;1-3,9H;2H,1H2,(H2,8,10,11);1H3;/q;;;;;;;-1. The van der Waals surface area contributed by atoms with Crippen LogP contribution in [-0.4, -0.2) is 128 Å². The van der Waals surface area contributed by atoms with Crippen LogP contribution in [0.25, 0.3) is 39.1 Å². The van der Waals surface area contributed by atoms with Crippen molar-refractivity contribution in [2.75, 3.05) is 23.5 Å². The Morgan fingerprint density at radius 1 is 0.567 bits per heavy atom. The maximum absolute atomic E-state index is 15.0. The van der Waals surface area contributed by atoms with E-state index in [1.165, 1.54) is 103 Å². The number of hydrogen-bond donors (Lipinski definition) is 4. The van der Waals surface area contributed by atoms with Crippen LogP contribution in [0.15, 0.2) is 176 Å². The molecule has 7 N–H and O–H groups in total. The van der Waals surface area contributed by atoms with E-state index in [-0.39, 0.29) is 93.7 Å². The summed E-state index contributed by atoms with van der Waals surface area (Å²) in [6.07, 6.45) is 6.18. The zero-order valence-corrected chi connectivity index (χ0v) is 73.6. The number of aromatic nitrogens is 10. The van der Waals surface area contributed by atoms with Crippen molar-refractivity contribution < 1.29 is 68.0 Å². The van der Waals surface area contributed by atoms with E-state index in [9.17, 15) is 39.4 Å². The first-order chi connectivity index (χ1) is 56.8. The van der Waals surface area contributed by atoms with Crippen LogP contribution in [0.3, 0.4) is 0 Å². The molecule has 627 valence electrons. The first-order valence-corrected chi connectivity index (χ1v) is 40.5. The number of aromatic hydroxyl groups is 1. The number of nitrogens with zero attached hydrogens (tertiary/aromatic N) is 12. The molecule has 23 nitrogen and oxygen atoms in total. The van der Waals surface area contributed by atoms with E-state index >= 15 is 0 Å². The van der Waals surface area contributed by atoms with Gasteiger partial charge >= 0.3 is 7.12 Å². The van der Waals surface area contributed by atoms with Gasteiger partial charge in [0.1, 0.15) is 63.1 Å². The zero-order valence-electron chi connectivity index (χ0n) is 67.4. The normalized spacial score (nSPS) is 13.3. The lowest BCUT2D eigenvalue weighted by molar-refractivity contribution is 0.00578. The molecule has 6 aromatic carbocycles. The highest BCUT2D eigenvalue weighted by atomic mass is 127. The Morgan fingerprint density at radius 3 is 1.56 bits per heavy atom. The van der Waals surface area contributed by atoms with Gasteiger partial charge in [-0.25, -0.2) is 70.3 Å². The number of nitrogen functional groups attached to an aromatic ring is 3. The largest absolute Gasteiger partial charge is 0.693 e. The Hall–Kier alpha value is -10.3. The number of rotatable bonds is 14. The molecule has 3 aliphatic rings. The summed E-state index contributed by atoms with van der Waals surface area (Å²) < 4.78 is 145. The number of phenolic OH excluding ortho intramolecular Hbond substituents is 1. The van der Waals surface area contributed by atoms with Crippen molar-refractivity contribution in [3.8, 4) is 51.1 Å². The van der Waals surface area contributed by atoms with Crippen LogP contribution in [0.2, 0.25) is 0 Å². The number of phenols is 1. The molecule has 9 heterocycles. The van der Waals surface area contributed by atoms with Crippen molar-refractivity contribution in [2.24, 2.45) is 9.98 Å². The lowest BCUT2D eigenvalue weighted by atomic mass is 9.79. The molecule has 5 radical (unpaired) electrons. The molecule has 1 fully saturated rings. The van der Waals surface area contributed by atoms with Crippen LogP contribution in [0.5, 0.6) is 28.7 Å². The van der Waals surface area contributed by atoms with Gasteiger partial charge in [0, 0.05) is 44.7 Å². The zero-order chi connectivity index (χ0) is 88.4. The molecule has 0 aliphatic carbocycles. The molecule has 0 bridgehead atoms. The second-order valence-electron chi connectivity index (χ2n) is 28.2. The molecule has 120 heavy (non-hydrogen) atoms. The van der Waals surface area contributed by atoms with Crippen LogP contribution in [0, 0.1) is 40.7 Å². The topological polar surface area (TPSA) is 308 Å². The Labute approximate surface area is 725 Å². The molecular formula is C82H83B3Br2F8IN15O8S-. The molecule has 0 saturated carbocycles. The third kappa shape index (κ3) is 24.3. The summed E-state index contributed by atoms with van der Waals surface area (Å²) in [5, 5.41) is 13.8. The van der Waals surface area contributed by atoms with Gasteiger partial charge in [0.05, 0.1) is 99.6 Å². The van der Waals surface area contributed by atoms with Crippen molar-refractivity contribution in [3.63, 3.8) is 0 Å². The third-order valence-electron chi connectivity index (χ3n) is 17.5. The van der Waals surface area contributed by atoms with Gasteiger partial charge in [-0.3, -0.25) is 19.2 Å². The number of aliphatic imine (C=N–C) groups is 2. The van der Waals surface area contributed by atoms with Gasteiger partial charge < -0.3 is 66.0 Å². The van der Waals surface area contributed by atoms with Crippen molar-refractivity contribution in [1.29, 1.82) is 0 Å². The SMILES string of the molecule is CC(C)Oc1ccc(-c2nn(C(C)c3nc4ccc(F)cn4c(=O)c3-c3cccc(F)c3)c3ncnc(N)c23)cc1F.CC(C)Oc1ccc(B2OC(C)(C)C(C)(C)O2)cc1F.CC(C)Oc1ccc(Br)cc1F.CC(C)Oc1ccc(C2=NCc3ncnc(N)c32)cc1F.CSF.Nc1ncnc2c1C(I)=NC2.Oc1ccc(Br)cc1F.[B][B-]. The minimum Gasteiger partial charge on any atom is -0.693 e. The fraction of sp³-hybridized carbons (Fsp3) is 0.280. The third-order valence-corrected chi connectivity index (χ3v) is 19.3. The summed E-state index contributed by atoms with van der Waals surface area (Å²) in [7, 11) is 7.45. The number of fused-ring (bicyclic) bond motifs is 4. The summed E-state index contributed by atoms with van der Waals surface area (Å²) in [5.41, 5.74) is 23.3. The minimum absolute atomic E-state index is 0.000625. The lowest BCUT2D eigenvalue weighted by Gasteiger charge is -2.32. The predicted molar refractivity (Wildman–Crippen MR) is 470 cm³/mol. The van der Waals surface area contributed by atoms with Gasteiger partial charge in [-0.1, -0.05) is 50.1 Å². The number of benzene rings is 6. The molecule has 1 saturated heterocycles. The van der Waals surface area contributed by atoms with Gasteiger partial charge in [-0.05, 0) is 233 Å². The van der Waals surface area contributed by atoms with Gasteiger partial charge in [-0.15, -0.1) is 0 Å². The van der Waals surface area contributed by atoms with E-state index < -0.39 is 64.8 Å². The molecule has 3 aliphatic heterocycles. The summed E-state index contributed by atoms with van der Waals surface area (Å²) in [6.45, 7) is 25.4. The van der Waals surface area contributed by atoms with E-state index in [4.69, 9.17) is 55.7 Å². The average Bonchev–Trinajstić information content (AvgIpc) is 1.36. The second-order valence-corrected chi connectivity index (χ2v) is 31.3. The van der Waals surface area contributed by atoms with E-state index in [0.29, 0.717) is 79.5 Å². The summed E-state index contributed by atoms with van der Waals surface area (Å²) >= 11 is 8.60. The van der Waals surface area contributed by atoms with Crippen molar-refractivity contribution in [2.45, 2.75) is 145 Å². The average molecular weight is 1910 g/mol. The van der Waals surface area contributed by atoms with Crippen LogP contribution < -0.4 is 47.2 Å². The Bertz CT molecular complexity index is 5720. The number of pyridine rings is 1. The number of anilines is 3. The molecule has 12 aromatic rings. The molecule has 15 rings (SSSR count). The highest BCUT2D eigenvalue weighted by molar-refractivity contribution is 14.1. The van der Waals surface area contributed by atoms with E-state index in [2.05, 4.69) is 115 Å². The summed E-state index contributed by atoms with van der Waals surface area (Å²) in [4.78, 5) is 51.6. The molecule has 1 unspecified atom stereocenters. The Morgan fingerprint density at radius 2 is 1.04 bits per heavy atom. The summed E-state index contributed by atoms with van der Waals surface area (Å²) in [5.74, 6) is -2.00. The Balaban J connectivity index is 0.000000194. The molecule has 0 spiro atoms. The first kappa shape index (κ1) is 95.2. The highest BCUT2D eigenvalue weighted by Crippen LogP contribution is 2.39. The second kappa shape index (κ2) is 42.8. The molecule has 38 heteroatoms. The van der Waals surface area contributed by atoms with Gasteiger partial charge in [-0.2, -0.15) is 8.98 Å². The van der Waals surface area contributed by atoms with Crippen LogP contribution in [0.4, 0.5) is 52.1 Å². The molecule has 0 amide bonds. The van der Waals surface area contributed by atoms with Gasteiger partial charge in [0.15, 0.2) is 63.5 Å². The number of nitrogens with two attached hydrogens (primary N) is 3. The quantitative estimate of drug-likeness (QED) is 0.0446. The van der Waals surface area contributed by atoms with Crippen molar-refractivity contribution in [3.05, 3.63) is 246 Å². The van der Waals surface area contributed by atoms with Crippen LogP contribution in [0.1, 0.15) is 130 Å². The predicted octanol–water partition coefficient (Wildman–Crippen LogP) is 17.7. The minimum atomic E-state index is -0.773. The monoisotopic (exact) mass is 1910 g/mol. The van der Waals surface area contributed by atoms with Crippen molar-refractivity contribution in [1.82, 2.24) is 49.1 Å². The molecule has 1 atom stereocenters. The number of halogens is 11. The van der Waals surface area contributed by atoms with Crippen LogP contribution >= 0.6 is 66.6 Å². The Kier molecular flexibility index (Phi) is 33.9. The fourth-order valence-electron chi connectivity index (χ4n) is 11.5. The maximum atomic E-state index is 15.0. The van der Waals surface area contributed by atoms with Gasteiger partial charge in [0.2, 0.25) is 0 Å². The smallest absolute Gasteiger partial charge is 0.494 e. The van der Waals surface area contributed by atoms with Gasteiger partial charge in [0.25, 0.3) is 5.56 Å². The van der Waals surface area contributed by atoms with E-state index in [1.54, 1.807) is 75.4 Å². The molecular weight excluding hydrogens is 1830 g/mol. The maximum Gasteiger partial charge on any atom is 0.494 e. The highest BCUT2D eigenvalue weighted by Gasteiger charge is 2.52. The van der Waals surface area contributed by atoms with E-state index in [0.717, 1.165) is 35.7 Å².